The van der Waals surface area contributed by atoms with Crippen molar-refractivity contribution >= 4 is 30.8 Å². The second-order valence-corrected chi connectivity index (χ2v) is 17.8. The minimum absolute atomic E-state index is 0.0110. The smallest absolute Gasteiger partial charge is 0.306 e. The number of benzene rings is 3. The van der Waals surface area contributed by atoms with Crippen LogP contribution in [-0.2, 0) is 27.4 Å². The van der Waals surface area contributed by atoms with Gasteiger partial charge in [-0.25, -0.2) is 13.7 Å². The van der Waals surface area contributed by atoms with Crippen LogP contribution in [0.3, 0.4) is 0 Å². The van der Waals surface area contributed by atoms with Gasteiger partial charge in [0.2, 0.25) is 5.91 Å². The zero-order valence-electron chi connectivity index (χ0n) is 26.2. The maximum absolute atomic E-state index is 15.0. The average molecular weight is 638 g/mol. The molecule has 2 N–H and O–H groups in total. The summed E-state index contributed by atoms with van der Waals surface area (Å²) >= 11 is 0. The van der Waals surface area contributed by atoms with Gasteiger partial charge in [-0.2, -0.15) is 0 Å². The van der Waals surface area contributed by atoms with Crippen LogP contribution in [0.2, 0.25) is 19.6 Å². The predicted molar refractivity (Wildman–Crippen MR) is 171 cm³/mol. The lowest BCUT2D eigenvalue weighted by Gasteiger charge is -2.48. The van der Waals surface area contributed by atoms with Gasteiger partial charge in [0.1, 0.15) is 30.0 Å². The van der Waals surface area contributed by atoms with Gasteiger partial charge in [0, 0.05) is 30.5 Å². The molecule has 2 heterocycles. The summed E-state index contributed by atoms with van der Waals surface area (Å²) in [6.07, 6.45) is -0.318. The second-order valence-electron chi connectivity index (χ2n) is 12.8. The van der Waals surface area contributed by atoms with Gasteiger partial charge >= 0.3 is 5.97 Å². The van der Waals surface area contributed by atoms with E-state index in [0.29, 0.717) is 44.0 Å². The summed E-state index contributed by atoms with van der Waals surface area (Å²) in [7, 11) is -2.30. The molecule has 2 aliphatic rings. The van der Waals surface area contributed by atoms with E-state index < -0.39 is 38.0 Å². The number of hydrogen-bond donors (Lipinski definition) is 2. The first kappa shape index (κ1) is 32.7. The summed E-state index contributed by atoms with van der Waals surface area (Å²) in [4.78, 5) is 29.8. The largest absolute Gasteiger partial charge is 0.494 e. The monoisotopic (exact) mass is 637 g/mol. The maximum Gasteiger partial charge on any atom is 0.306 e. The molecule has 3 aromatic rings. The lowest BCUT2D eigenvalue weighted by atomic mass is 9.91. The zero-order chi connectivity index (χ0) is 32.3. The fourth-order valence-corrected chi connectivity index (χ4v) is 7.74. The highest BCUT2D eigenvalue weighted by Gasteiger charge is 2.42. The standard InChI is InChI=1S/C34H41F2N3O5Si/c1-5-43-26-11-12-27-24(16-26)13-14-39(31(27)33(41)37-25-17-28(35)32(29(36)18-25)45(2,3)4)34(42)38-19-23(20-38)15-30(40)44-21-22-9-7-6-8-10-22/h6-12,16-18,23,31,34,42H,5,13-15,19-21H2,1-4H3,(H,37,41)/t31-,34?/m1/s1. The van der Waals surface area contributed by atoms with Crippen molar-refractivity contribution < 1.29 is 33.0 Å². The second kappa shape index (κ2) is 13.8. The molecule has 0 bridgehead atoms. The van der Waals surface area contributed by atoms with Crippen molar-refractivity contribution in [2.24, 2.45) is 5.92 Å². The first-order valence-corrected chi connectivity index (χ1v) is 18.9. The van der Waals surface area contributed by atoms with E-state index in [1.165, 1.54) is 0 Å². The minimum atomic E-state index is -2.30. The normalized spacial score (nSPS) is 18.1. The van der Waals surface area contributed by atoms with Crippen molar-refractivity contribution in [1.29, 1.82) is 0 Å². The first-order chi connectivity index (χ1) is 21.4. The molecule has 1 amide bonds. The molecule has 0 aliphatic carbocycles. The third kappa shape index (κ3) is 7.61. The maximum atomic E-state index is 15.0. The van der Waals surface area contributed by atoms with Crippen LogP contribution >= 0.6 is 0 Å². The highest BCUT2D eigenvalue weighted by atomic mass is 28.3. The van der Waals surface area contributed by atoms with Gasteiger partial charge in [-0.15, -0.1) is 0 Å². The number of esters is 1. The predicted octanol–water partition coefficient (Wildman–Crippen LogP) is 4.79. The Morgan fingerprint density at radius 3 is 2.38 bits per heavy atom. The van der Waals surface area contributed by atoms with Crippen molar-refractivity contribution in [2.75, 3.05) is 31.6 Å². The van der Waals surface area contributed by atoms with Gasteiger partial charge in [-0.1, -0.05) is 56.0 Å². The Hall–Kier alpha value is -3.64. The summed E-state index contributed by atoms with van der Waals surface area (Å²) in [6.45, 7) is 9.44. The number of nitrogens with one attached hydrogen (secondary N) is 1. The minimum Gasteiger partial charge on any atom is -0.494 e. The number of carbonyl (C=O) groups is 2. The van der Waals surface area contributed by atoms with Crippen molar-refractivity contribution in [3.8, 4) is 5.75 Å². The molecule has 1 saturated heterocycles. The number of nitrogens with zero attached hydrogens (tertiary/aromatic N) is 2. The van der Waals surface area contributed by atoms with Crippen LogP contribution in [0.15, 0.2) is 60.7 Å². The molecule has 45 heavy (non-hydrogen) atoms. The van der Waals surface area contributed by atoms with E-state index in [9.17, 15) is 14.7 Å². The third-order valence-corrected chi connectivity index (χ3v) is 10.3. The first-order valence-electron chi connectivity index (χ1n) is 15.4. The molecule has 2 aliphatic heterocycles. The van der Waals surface area contributed by atoms with Gasteiger partial charge in [-0.3, -0.25) is 14.5 Å². The average Bonchev–Trinajstić information content (AvgIpc) is 2.96. The third-order valence-electron chi connectivity index (χ3n) is 8.31. The Balaban J connectivity index is 1.30. The summed E-state index contributed by atoms with van der Waals surface area (Å²) < 4.78 is 41.1. The molecule has 8 nitrogen and oxygen atoms in total. The highest BCUT2D eigenvalue weighted by molar-refractivity contribution is 6.88. The van der Waals surface area contributed by atoms with Gasteiger partial charge in [0.15, 0.2) is 6.35 Å². The van der Waals surface area contributed by atoms with Crippen LogP contribution in [0.4, 0.5) is 14.5 Å². The summed E-state index contributed by atoms with van der Waals surface area (Å²) in [5.41, 5.74) is 2.51. The Labute approximate surface area is 263 Å². The Morgan fingerprint density at radius 1 is 1.04 bits per heavy atom. The Kier molecular flexibility index (Phi) is 10.0. The van der Waals surface area contributed by atoms with Crippen LogP contribution in [0.1, 0.15) is 36.1 Å². The number of fused-ring (bicyclic) bond motifs is 1. The molecule has 11 heteroatoms. The van der Waals surface area contributed by atoms with E-state index in [4.69, 9.17) is 9.47 Å². The van der Waals surface area contributed by atoms with E-state index in [2.05, 4.69) is 5.32 Å². The molecular weight excluding hydrogens is 596 g/mol. The number of amides is 1. The van der Waals surface area contributed by atoms with Crippen molar-refractivity contribution in [1.82, 2.24) is 9.80 Å². The number of aliphatic hydroxyl groups excluding tert-OH is 1. The van der Waals surface area contributed by atoms with Crippen LogP contribution in [0, 0.1) is 17.6 Å². The molecule has 5 rings (SSSR count). The lowest BCUT2D eigenvalue weighted by Crippen LogP contribution is -2.61. The van der Waals surface area contributed by atoms with Crippen LogP contribution in [-0.4, -0.2) is 67.4 Å². The van der Waals surface area contributed by atoms with Crippen LogP contribution in [0.25, 0.3) is 0 Å². The molecule has 1 fully saturated rings. The van der Waals surface area contributed by atoms with Crippen molar-refractivity contribution in [3.05, 3.63) is 89.0 Å². The highest BCUT2D eigenvalue weighted by Crippen LogP contribution is 2.36. The number of anilines is 1. The summed E-state index contributed by atoms with van der Waals surface area (Å²) in [6, 6.07) is 16.3. The van der Waals surface area contributed by atoms with Crippen LogP contribution < -0.4 is 15.2 Å². The van der Waals surface area contributed by atoms with E-state index in [1.807, 2.05) is 63.0 Å². The number of carbonyl (C=O) groups excluding carboxylic acids is 2. The number of halogens is 2. The van der Waals surface area contributed by atoms with Gasteiger partial charge in [0.25, 0.3) is 0 Å². The van der Waals surface area contributed by atoms with Crippen molar-refractivity contribution in [3.63, 3.8) is 0 Å². The zero-order valence-corrected chi connectivity index (χ0v) is 27.2. The topological polar surface area (TPSA) is 91.3 Å². The van der Waals surface area contributed by atoms with Crippen molar-refractivity contribution in [2.45, 2.75) is 58.4 Å². The van der Waals surface area contributed by atoms with E-state index in [-0.39, 0.29) is 35.8 Å². The number of aliphatic hydroxyl groups is 1. The number of ether oxygens (including phenoxy) is 2. The number of hydrogen-bond acceptors (Lipinski definition) is 7. The molecule has 0 radical (unpaired) electrons. The lowest BCUT2D eigenvalue weighted by molar-refractivity contribution is -0.177. The van der Waals surface area contributed by atoms with E-state index in [0.717, 1.165) is 23.3 Å². The number of rotatable bonds is 11. The fourth-order valence-electron chi connectivity index (χ4n) is 6.16. The van der Waals surface area contributed by atoms with Gasteiger partial charge in [-0.05, 0) is 60.2 Å². The van der Waals surface area contributed by atoms with Gasteiger partial charge in [0.05, 0.1) is 21.1 Å². The summed E-state index contributed by atoms with van der Waals surface area (Å²) in [5, 5.41) is 14.3. The Morgan fingerprint density at radius 2 is 1.73 bits per heavy atom. The molecule has 0 aromatic heterocycles. The SMILES string of the molecule is CCOc1ccc2c(c1)CCN(C(O)N1CC(CC(=O)OCc3ccccc3)C1)[C@H]2C(=O)Nc1cc(F)c([Si](C)(C)C)c(F)c1. The Bertz CT molecular complexity index is 1500. The molecular formula is C34H41F2N3O5Si. The molecule has 0 spiro atoms. The fraction of sp³-hybridized carbons (Fsp3) is 0.412. The molecule has 0 saturated carbocycles. The molecule has 240 valence electrons. The molecule has 1 unspecified atom stereocenters. The number of likely N-dealkylation sites (tertiary alicyclic amines) is 1. The van der Waals surface area contributed by atoms with Gasteiger partial charge < -0.3 is 19.9 Å². The van der Waals surface area contributed by atoms with E-state index >= 15 is 8.78 Å². The van der Waals surface area contributed by atoms with Crippen LogP contribution in [0.5, 0.6) is 5.75 Å². The van der Waals surface area contributed by atoms with E-state index in [1.54, 1.807) is 21.9 Å². The molecule has 3 aromatic carbocycles. The summed E-state index contributed by atoms with van der Waals surface area (Å²) in [5.74, 6) is -1.48. The quantitative estimate of drug-likeness (QED) is 0.231. The molecule has 2 atom stereocenters.